The fourth-order valence-corrected chi connectivity index (χ4v) is 8.39. The second-order valence-corrected chi connectivity index (χ2v) is 12.2. The van der Waals surface area contributed by atoms with Gasteiger partial charge >= 0.3 is 0 Å². The van der Waals surface area contributed by atoms with E-state index in [9.17, 15) is 15.3 Å². The third-order valence-corrected chi connectivity index (χ3v) is 10.2. The van der Waals surface area contributed by atoms with Crippen LogP contribution in [0.15, 0.2) is 60.7 Å². The van der Waals surface area contributed by atoms with Gasteiger partial charge in [-0.15, -0.1) is 0 Å². The van der Waals surface area contributed by atoms with Crippen molar-refractivity contribution in [1.29, 1.82) is 0 Å². The molecule has 1 saturated heterocycles. The lowest BCUT2D eigenvalue weighted by molar-refractivity contribution is -0.121. The molecule has 0 radical (unpaired) electrons. The Labute approximate surface area is 161 Å². The van der Waals surface area contributed by atoms with Crippen LogP contribution in [-0.2, 0) is 9.16 Å². The number of aliphatic hydroxyl groups is 3. The highest BCUT2D eigenvalue weighted by atomic mass is 28.4. The van der Waals surface area contributed by atoms with E-state index >= 15 is 0 Å². The average molecular weight is 389 g/mol. The molecule has 0 amide bonds. The molecule has 146 valence electrons. The molecule has 6 heteroatoms. The maximum absolute atomic E-state index is 10.5. The Morgan fingerprint density at radius 1 is 0.889 bits per heavy atom. The van der Waals surface area contributed by atoms with E-state index in [-0.39, 0.29) is 11.6 Å². The maximum atomic E-state index is 10.5. The summed E-state index contributed by atoms with van der Waals surface area (Å²) in [5.41, 5.74) is 0. The van der Waals surface area contributed by atoms with Crippen molar-refractivity contribution in [2.75, 3.05) is 6.61 Å². The van der Waals surface area contributed by atoms with Gasteiger partial charge in [-0.2, -0.15) is 0 Å². The van der Waals surface area contributed by atoms with E-state index in [0.29, 0.717) is 0 Å². The molecule has 0 bridgehead atoms. The minimum atomic E-state index is -2.91. The van der Waals surface area contributed by atoms with Gasteiger partial charge < -0.3 is 24.5 Å². The molecule has 2 aromatic carbocycles. The topological polar surface area (TPSA) is 79.2 Å². The molecule has 1 unspecified atom stereocenters. The van der Waals surface area contributed by atoms with Crippen molar-refractivity contribution < 1.29 is 24.5 Å². The van der Waals surface area contributed by atoms with Gasteiger partial charge in [0, 0.05) is 0 Å². The van der Waals surface area contributed by atoms with Crippen LogP contribution in [0.3, 0.4) is 0 Å². The Hall–Kier alpha value is -1.54. The number of hydrogen-bond donors (Lipinski definition) is 3. The van der Waals surface area contributed by atoms with E-state index in [1.54, 1.807) is 0 Å². The first-order valence-corrected chi connectivity index (χ1v) is 11.1. The Balaban J connectivity index is 2.13. The largest absolute Gasteiger partial charge is 0.394 e. The highest BCUT2D eigenvalue weighted by molar-refractivity contribution is 6.99. The normalized spacial score (nSPS) is 26.3. The molecule has 1 heterocycles. The van der Waals surface area contributed by atoms with Crippen LogP contribution in [0.5, 0.6) is 0 Å². The number of ether oxygens (including phenoxy) is 1. The summed E-state index contributed by atoms with van der Waals surface area (Å²) < 4.78 is 12.3. The number of hydrogen-bond acceptors (Lipinski definition) is 5. The highest BCUT2D eigenvalue weighted by Gasteiger charge is 2.55. The van der Waals surface area contributed by atoms with Crippen LogP contribution in [0.25, 0.3) is 0 Å². The fourth-order valence-electron chi connectivity index (χ4n) is 3.83. The zero-order valence-corrected chi connectivity index (χ0v) is 16.9. The smallest absolute Gasteiger partial charge is 0.264 e. The van der Waals surface area contributed by atoms with Crippen LogP contribution >= 0.6 is 0 Å². The maximum Gasteiger partial charge on any atom is 0.264 e. The molecule has 0 saturated carbocycles. The third kappa shape index (κ3) is 3.61. The molecule has 0 spiro atoms. The first-order valence-electron chi connectivity index (χ1n) is 9.22. The van der Waals surface area contributed by atoms with Gasteiger partial charge in [-0.3, -0.25) is 0 Å². The number of benzene rings is 2. The molecule has 4 atom stereocenters. The van der Waals surface area contributed by atoms with Crippen LogP contribution in [-0.4, -0.2) is 54.8 Å². The van der Waals surface area contributed by atoms with Crippen LogP contribution in [0.1, 0.15) is 20.8 Å². The summed E-state index contributed by atoms with van der Waals surface area (Å²) in [5, 5.41) is 31.9. The molecule has 5 nitrogen and oxygen atoms in total. The van der Waals surface area contributed by atoms with E-state index in [1.807, 2.05) is 60.7 Å². The third-order valence-electron chi connectivity index (χ3n) is 5.21. The molecule has 2 aromatic rings. The van der Waals surface area contributed by atoms with Gasteiger partial charge in [0.2, 0.25) is 0 Å². The predicted molar refractivity (Wildman–Crippen MR) is 106 cm³/mol. The monoisotopic (exact) mass is 388 g/mol. The van der Waals surface area contributed by atoms with Crippen LogP contribution in [0.2, 0.25) is 5.04 Å². The summed E-state index contributed by atoms with van der Waals surface area (Å²) in [5.74, 6) is 0. The van der Waals surface area contributed by atoms with Crippen molar-refractivity contribution >= 4 is 18.7 Å². The lowest BCUT2D eigenvalue weighted by atomic mass is 10.1. The van der Waals surface area contributed by atoms with Crippen molar-refractivity contribution in [3.8, 4) is 0 Å². The van der Waals surface area contributed by atoms with Crippen LogP contribution in [0.4, 0.5) is 0 Å². The fraction of sp³-hybridized carbons (Fsp3) is 0.429. The Kier molecular flexibility index (Phi) is 5.86. The summed E-state index contributed by atoms with van der Waals surface area (Å²) in [6.07, 6.45) is -4.27. The molecule has 27 heavy (non-hydrogen) atoms. The molecular weight excluding hydrogens is 360 g/mol. The van der Waals surface area contributed by atoms with Gasteiger partial charge in [-0.05, 0) is 15.4 Å². The average Bonchev–Trinajstić information content (AvgIpc) is 2.94. The zero-order chi connectivity index (χ0) is 19.7. The van der Waals surface area contributed by atoms with Gasteiger partial charge in [0.15, 0.2) is 6.29 Å². The van der Waals surface area contributed by atoms with Crippen LogP contribution < -0.4 is 10.4 Å². The van der Waals surface area contributed by atoms with E-state index < -0.39 is 32.9 Å². The molecule has 1 aliphatic heterocycles. The van der Waals surface area contributed by atoms with Crippen LogP contribution in [0, 0.1) is 0 Å². The standard InChI is InChI=1S/C21H28O5Si/c1-21(2,3)27(15-10-6-4-7-11-15,16-12-8-5-9-13-16)26-20-19(24)18(23)17(14-22)25-20/h4-13,17-20,22-24H,14H2,1-3H3/t17-,18-,19-,20?/m1/s1. The first-order chi connectivity index (χ1) is 12.8. The summed E-state index contributed by atoms with van der Waals surface area (Å²) in [6, 6.07) is 20.0. The second-order valence-electron chi connectivity index (χ2n) is 7.99. The van der Waals surface area contributed by atoms with Crippen molar-refractivity contribution in [2.45, 2.75) is 50.4 Å². The summed E-state index contributed by atoms with van der Waals surface area (Å²) in [4.78, 5) is 0. The van der Waals surface area contributed by atoms with Gasteiger partial charge in [0.1, 0.15) is 18.3 Å². The predicted octanol–water partition coefficient (Wildman–Crippen LogP) is 1.00. The van der Waals surface area contributed by atoms with E-state index in [1.165, 1.54) is 0 Å². The van der Waals surface area contributed by atoms with Crippen molar-refractivity contribution in [3.63, 3.8) is 0 Å². The van der Waals surface area contributed by atoms with Gasteiger partial charge in [0.05, 0.1) is 6.61 Å². The molecular formula is C21H28O5Si. The quantitative estimate of drug-likeness (QED) is 0.666. The highest BCUT2D eigenvalue weighted by Crippen LogP contribution is 2.39. The molecule has 1 fully saturated rings. The first kappa shape index (κ1) is 20.2. The molecule has 0 aromatic heterocycles. The van der Waals surface area contributed by atoms with Gasteiger partial charge in [0.25, 0.3) is 8.32 Å². The zero-order valence-electron chi connectivity index (χ0n) is 15.9. The lowest BCUT2D eigenvalue weighted by Crippen LogP contribution is -2.68. The Bertz CT molecular complexity index is 692. The van der Waals surface area contributed by atoms with Crippen molar-refractivity contribution in [1.82, 2.24) is 0 Å². The van der Waals surface area contributed by atoms with E-state index in [0.717, 1.165) is 10.4 Å². The summed E-state index contributed by atoms with van der Waals surface area (Å²) in [7, 11) is -2.91. The van der Waals surface area contributed by atoms with Gasteiger partial charge in [-0.1, -0.05) is 81.4 Å². The molecule has 3 N–H and O–H groups in total. The Morgan fingerprint density at radius 3 is 1.74 bits per heavy atom. The minimum absolute atomic E-state index is 0.277. The summed E-state index contributed by atoms with van der Waals surface area (Å²) in [6.45, 7) is 6.00. The van der Waals surface area contributed by atoms with Crippen molar-refractivity contribution in [3.05, 3.63) is 60.7 Å². The van der Waals surface area contributed by atoms with E-state index in [2.05, 4.69) is 20.8 Å². The van der Waals surface area contributed by atoms with Gasteiger partial charge in [-0.25, -0.2) is 0 Å². The molecule has 1 aliphatic rings. The lowest BCUT2D eigenvalue weighted by Gasteiger charge is -2.44. The second kappa shape index (κ2) is 7.83. The molecule has 3 rings (SSSR count). The summed E-state index contributed by atoms with van der Waals surface area (Å²) >= 11 is 0. The van der Waals surface area contributed by atoms with Crippen molar-refractivity contribution in [2.24, 2.45) is 0 Å². The SMILES string of the molecule is CC(C)(C)[Si](OC1O[C@H](CO)[C@@H](O)[C@H]1O)(c1ccccc1)c1ccccc1. The van der Waals surface area contributed by atoms with E-state index in [4.69, 9.17) is 9.16 Å². The Morgan fingerprint density at radius 2 is 1.37 bits per heavy atom. The minimum Gasteiger partial charge on any atom is -0.394 e. The molecule has 0 aliphatic carbocycles. The number of rotatable bonds is 5. The number of aliphatic hydroxyl groups excluding tert-OH is 3.